The number of β-amino-alcohol motifs (C(OH)–C–C–N with tert-alkyl or cyclic N) is 1. The minimum Gasteiger partial charge on any atom is -0.484 e. The number of carbonyl (C=O) groups is 2. The maximum atomic E-state index is 13.7. The second-order valence-corrected chi connectivity index (χ2v) is 9.72. The van der Waals surface area contributed by atoms with Crippen LogP contribution in [0.1, 0.15) is 63.9 Å². The number of hydrogen-bond donors (Lipinski definition) is 3. The summed E-state index contributed by atoms with van der Waals surface area (Å²) in [7, 11) is 1.52. The summed E-state index contributed by atoms with van der Waals surface area (Å²) in [5, 5.41) is 30.5. The van der Waals surface area contributed by atoms with Crippen LogP contribution < -0.4 is 10.1 Å². The van der Waals surface area contributed by atoms with E-state index in [1.807, 2.05) is 27.7 Å². The molecule has 2 aromatic rings. The molecule has 1 saturated heterocycles. The van der Waals surface area contributed by atoms with E-state index in [2.05, 4.69) is 15.6 Å². The molecule has 2 heterocycles. The number of aliphatic hydroxyl groups excluding tert-OH is 2. The van der Waals surface area contributed by atoms with Crippen LogP contribution in [0, 0.1) is 5.41 Å². The molecule has 10 nitrogen and oxygen atoms in total. The zero-order valence-electron chi connectivity index (χ0n) is 20.4. The Labute approximate surface area is 199 Å². The first-order valence-electron chi connectivity index (χ1n) is 11.6. The Hall–Kier alpha value is -2.98. The van der Waals surface area contributed by atoms with Crippen LogP contribution in [0.5, 0.6) is 5.75 Å². The number of aliphatic hydroxyl groups is 2. The molecule has 3 N–H and O–H groups in total. The predicted molar refractivity (Wildman–Crippen MR) is 125 cm³/mol. The van der Waals surface area contributed by atoms with E-state index in [1.165, 1.54) is 16.6 Å². The summed E-state index contributed by atoms with van der Waals surface area (Å²) in [5.41, 5.74) is 0.839. The molecule has 0 saturated carbocycles. The van der Waals surface area contributed by atoms with Crippen LogP contribution in [0.4, 0.5) is 0 Å². The van der Waals surface area contributed by atoms with Crippen molar-refractivity contribution in [2.45, 2.75) is 71.4 Å². The highest BCUT2D eigenvalue weighted by Crippen LogP contribution is 2.35. The fourth-order valence-electron chi connectivity index (χ4n) is 4.26. The smallest absolute Gasteiger partial charge is 0.248 e. The van der Waals surface area contributed by atoms with Crippen molar-refractivity contribution in [3.63, 3.8) is 0 Å². The number of rotatable bonds is 8. The van der Waals surface area contributed by atoms with E-state index >= 15 is 0 Å². The first kappa shape index (κ1) is 25.6. The van der Waals surface area contributed by atoms with Gasteiger partial charge in [0.1, 0.15) is 29.6 Å². The normalized spacial score (nSPS) is 20.1. The number of carbonyl (C=O) groups excluding carboxylic acids is 2. The lowest BCUT2D eigenvalue weighted by Crippen LogP contribution is -2.49. The van der Waals surface area contributed by atoms with Crippen molar-refractivity contribution in [3.05, 3.63) is 41.7 Å². The van der Waals surface area contributed by atoms with Gasteiger partial charge in [-0.05, 0) is 29.5 Å². The summed E-state index contributed by atoms with van der Waals surface area (Å²) in [6, 6.07) is 5.71. The number of likely N-dealkylation sites (tertiary alicyclic amines) is 1. The number of hydrogen-bond acceptors (Lipinski definition) is 7. The molecular weight excluding hydrogens is 438 g/mol. The second kappa shape index (κ2) is 10.5. The van der Waals surface area contributed by atoms with E-state index < -0.39 is 23.6 Å². The molecule has 1 fully saturated rings. The van der Waals surface area contributed by atoms with Gasteiger partial charge in [-0.2, -0.15) is 0 Å². The molecule has 186 valence electrons. The first-order valence-corrected chi connectivity index (χ1v) is 11.6. The Morgan fingerprint density at radius 2 is 1.94 bits per heavy atom. The van der Waals surface area contributed by atoms with E-state index in [1.54, 1.807) is 30.5 Å². The number of nitrogens with one attached hydrogen (secondary N) is 1. The number of ether oxygens (including phenoxy) is 1. The van der Waals surface area contributed by atoms with Gasteiger partial charge in [0.25, 0.3) is 0 Å². The molecule has 0 spiro atoms. The topological polar surface area (TPSA) is 130 Å². The van der Waals surface area contributed by atoms with Crippen LogP contribution in [0.2, 0.25) is 0 Å². The number of benzene rings is 1. The highest BCUT2D eigenvalue weighted by atomic mass is 16.5. The SMILES string of the molecule is CCC(Oc1ccc(CO)cc1)c1cn([C@H](C(=O)N2C[C@@H](O)C[C@@H]2C(=O)NC)C(C)(C)C)nn1. The number of nitrogens with zero attached hydrogens (tertiary/aromatic N) is 4. The summed E-state index contributed by atoms with van der Waals surface area (Å²) in [6.45, 7) is 7.80. The second-order valence-electron chi connectivity index (χ2n) is 9.72. The fraction of sp³-hybridized carbons (Fsp3) is 0.583. The molecule has 3 rings (SSSR count). The molecule has 4 atom stereocenters. The Bertz CT molecular complexity index is 984. The van der Waals surface area contributed by atoms with Gasteiger partial charge in [0.05, 0.1) is 18.9 Å². The summed E-state index contributed by atoms with van der Waals surface area (Å²) >= 11 is 0. The van der Waals surface area contributed by atoms with E-state index in [0.29, 0.717) is 17.9 Å². The van der Waals surface area contributed by atoms with Crippen LogP contribution in [0.15, 0.2) is 30.5 Å². The van der Waals surface area contributed by atoms with Gasteiger partial charge in [0.2, 0.25) is 11.8 Å². The van der Waals surface area contributed by atoms with Gasteiger partial charge < -0.3 is 25.2 Å². The number of amides is 2. The van der Waals surface area contributed by atoms with E-state index in [-0.39, 0.29) is 37.5 Å². The maximum absolute atomic E-state index is 13.7. The summed E-state index contributed by atoms with van der Waals surface area (Å²) < 4.78 is 7.62. The van der Waals surface area contributed by atoms with Gasteiger partial charge in [0, 0.05) is 20.0 Å². The van der Waals surface area contributed by atoms with Crippen LogP contribution >= 0.6 is 0 Å². The molecule has 1 aromatic heterocycles. The van der Waals surface area contributed by atoms with Crippen LogP contribution in [-0.2, 0) is 16.2 Å². The van der Waals surface area contributed by atoms with Gasteiger partial charge in [-0.15, -0.1) is 5.10 Å². The Balaban J connectivity index is 1.86. The van der Waals surface area contributed by atoms with Crippen LogP contribution in [0.25, 0.3) is 0 Å². The first-order chi connectivity index (χ1) is 16.1. The molecule has 1 aliphatic rings. The standard InChI is InChI=1S/C24H35N5O5/c1-6-20(34-17-9-7-15(14-30)8-10-17)18-13-29(27-26-18)21(24(2,3)4)23(33)28-12-16(31)11-19(28)22(32)25-5/h7-10,13,16,19-21,30-31H,6,11-12,14H2,1-5H3,(H,25,32)/t16-,19+,20?,21+/m0/s1. The largest absolute Gasteiger partial charge is 0.484 e. The average Bonchev–Trinajstić information content (AvgIpc) is 3.43. The van der Waals surface area contributed by atoms with Crippen LogP contribution in [-0.4, -0.2) is 67.7 Å². The molecule has 2 amide bonds. The molecule has 0 radical (unpaired) electrons. The summed E-state index contributed by atoms with van der Waals surface area (Å²) in [6.07, 6.45) is 1.41. The Morgan fingerprint density at radius 1 is 1.26 bits per heavy atom. The lowest BCUT2D eigenvalue weighted by Gasteiger charge is -2.34. The third kappa shape index (κ3) is 5.56. The van der Waals surface area contributed by atoms with Gasteiger partial charge in [-0.3, -0.25) is 9.59 Å². The van der Waals surface area contributed by atoms with Crippen molar-refractivity contribution in [1.82, 2.24) is 25.2 Å². The van der Waals surface area contributed by atoms with Crippen molar-refractivity contribution in [3.8, 4) is 5.75 Å². The molecule has 0 bridgehead atoms. The molecule has 1 aliphatic heterocycles. The summed E-state index contributed by atoms with van der Waals surface area (Å²) in [4.78, 5) is 27.5. The van der Waals surface area contributed by atoms with Gasteiger partial charge in [-0.25, -0.2) is 4.68 Å². The Kier molecular flexibility index (Phi) is 7.93. The third-order valence-corrected chi connectivity index (χ3v) is 6.04. The van der Waals surface area contributed by atoms with E-state index in [9.17, 15) is 19.8 Å². The maximum Gasteiger partial charge on any atom is 0.248 e. The monoisotopic (exact) mass is 473 g/mol. The van der Waals surface area contributed by atoms with Gasteiger partial charge >= 0.3 is 0 Å². The minimum absolute atomic E-state index is 0.0388. The molecule has 1 unspecified atom stereocenters. The number of aromatic nitrogens is 3. The van der Waals surface area contributed by atoms with Crippen LogP contribution in [0.3, 0.4) is 0 Å². The molecule has 10 heteroatoms. The zero-order chi connectivity index (χ0) is 25.0. The van der Waals surface area contributed by atoms with E-state index in [4.69, 9.17) is 4.74 Å². The highest BCUT2D eigenvalue weighted by Gasteiger charge is 2.45. The highest BCUT2D eigenvalue weighted by molar-refractivity contribution is 5.90. The van der Waals surface area contributed by atoms with Crippen molar-refractivity contribution in [1.29, 1.82) is 0 Å². The summed E-state index contributed by atoms with van der Waals surface area (Å²) in [5.74, 6) is 0.0488. The third-order valence-electron chi connectivity index (χ3n) is 6.04. The van der Waals surface area contributed by atoms with Crippen molar-refractivity contribution >= 4 is 11.8 Å². The van der Waals surface area contributed by atoms with Crippen molar-refractivity contribution < 1.29 is 24.5 Å². The van der Waals surface area contributed by atoms with Gasteiger partial charge in [-0.1, -0.05) is 45.0 Å². The van der Waals surface area contributed by atoms with Crippen molar-refractivity contribution in [2.75, 3.05) is 13.6 Å². The lowest BCUT2D eigenvalue weighted by molar-refractivity contribution is -0.144. The predicted octanol–water partition coefficient (Wildman–Crippen LogP) is 1.60. The average molecular weight is 474 g/mol. The van der Waals surface area contributed by atoms with Gasteiger partial charge in [0.15, 0.2) is 0 Å². The quantitative estimate of drug-likeness (QED) is 0.531. The Morgan fingerprint density at radius 3 is 2.50 bits per heavy atom. The molecular formula is C24H35N5O5. The fourth-order valence-corrected chi connectivity index (χ4v) is 4.26. The molecule has 34 heavy (non-hydrogen) atoms. The molecule has 0 aliphatic carbocycles. The van der Waals surface area contributed by atoms with E-state index in [0.717, 1.165) is 5.56 Å². The number of likely N-dealkylation sites (N-methyl/N-ethyl adjacent to an activating group) is 1. The van der Waals surface area contributed by atoms with Crippen molar-refractivity contribution in [2.24, 2.45) is 5.41 Å². The zero-order valence-corrected chi connectivity index (χ0v) is 20.4. The lowest BCUT2D eigenvalue weighted by atomic mass is 9.85. The molecule has 1 aromatic carbocycles. The minimum atomic E-state index is -0.756.